The Hall–Kier alpha value is -1.35. The van der Waals surface area contributed by atoms with E-state index in [1.165, 1.54) is 32.1 Å². The van der Waals surface area contributed by atoms with E-state index in [4.69, 9.17) is 5.73 Å². The van der Waals surface area contributed by atoms with Gasteiger partial charge in [0, 0.05) is 18.5 Å². The molecule has 0 aliphatic heterocycles. The van der Waals surface area contributed by atoms with Crippen molar-refractivity contribution in [3.8, 4) is 0 Å². The zero-order chi connectivity index (χ0) is 15.4. The van der Waals surface area contributed by atoms with E-state index < -0.39 is 0 Å². The maximum Gasteiger partial charge on any atom is 0.223 e. The molecule has 3 nitrogen and oxygen atoms in total. The third-order valence-corrected chi connectivity index (χ3v) is 5.63. The fourth-order valence-corrected chi connectivity index (χ4v) is 4.28. The third-order valence-electron chi connectivity index (χ3n) is 5.63. The topological polar surface area (TPSA) is 55.1 Å². The van der Waals surface area contributed by atoms with Gasteiger partial charge in [0.05, 0.1) is 0 Å². The molecule has 2 aliphatic carbocycles. The maximum absolute atomic E-state index is 12.4. The molecule has 3 rings (SSSR count). The van der Waals surface area contributed by atoms with E-state index in [1.54, 1.807) is 0 Å². The predicted octanol–water partition coefficient (Wildman–Crippen LogP) is 3.41. The van der Waals surface area contributed by atoms with Gasteiger partial charge in [-0.25, -0.2) is 0 Å². The molecule has 0 heterocycles. The summed E-state index contributed by atoms with van der Waals surface area (Å²) in [4.78, 5) is 12.4. The zero-order valence-electron chi connectivity index (χ0n) is 13.3. The van der Waals surface area contributed by atoms with Crippen LogP contribution in [0.2, 0.25) is 0 Å². The zero-order valence-corrected chi connectivity index (χ0v) is 13.3. The van der Waals surface area contributed by atoms with Crippen LogP contribution in [-0.2, 0) is 4.79 Å². The molecule has 0 aromatic heterocycles. The Bertz CT molecular complexity index is 487. The normalized spacial score (nSPS) is 29.4. The SMILES string of the molecule is NC(CNC(=O)C1CCC2CCCCC2C1)c1ccccc1. The number of fused-ring (bicyclic) bond motifs is 1. The Morgan fingerprint density at radius 2 is 1.82 bits per heavy atom. The first kappa shape index (κ1) is 15.5. The molecule has 120 valence electrons. The van der Waals surface area contributed by atoms with Crippen molar-refractivity contribution in [1.29, 1.82) is 0 Å². The van der Waals surface area contributed by atoms with E-state index in [9.17, 15) is 4.79 Å². The standard InChI is InChI=1S/C19H28N2O/c20-18(15-7-2-1-3-8-15)13-21-19(22)17-11-10-14-6-4-5-9-16(14)12-17/h1-3,7-8,14,16-18H,4-6,9-13,20H2,(H,21,22). The van der Waals surface area contributed by atoms with Crippen LogP contribution in [0.3, 0.4) is 0 Å². The lowest BCUT2D eigenvalue weighted by molar-refractivity contribution is -0.127. The molecule has 3 heteroatoms. The van der Waals surface area contributed by atoms with Crippen molar-refractivity contribution in [2.24, 2.45) is 23.5 Å². The van der Waals surface area contributed by atoms with Crippen molar-refractivity contribution in [2.45, 2.75) is 51.0 Å². The van der Waals surface area contributed by atoms with Gasteiger partial charge in [0.2, 0.25) is 5.91 Å². The number of benzene rings is 1. The number of hydrogen-bond donors (Lipinski definition) is 2. The van der Waals surface area contributed by atoms with E-state index in [2.05, 4.69) is 5.32 Å². The molecule has 3 N–H and O–H groups in total. The van der Waals surface area contributed by atoms with E-state index in [1.807, 2.05) is 30.3 Å². The van der Waals surface area contributed by atoms with E-state index in [-0.39, 0.29) is 17.9 Å². The highest BCUT2D eigenvalue weighted by Gasteiger charge is 2.34. The van der Waals surface area contributed by atoms with Gasteiger partial charge in [-0.1, -0.05) is 56.0 Å². The first-order valence-electron chi connectivity index (χ1n) is 8.82. The second kappa shape index (κ2) is 7.28. The highest BCUT2D eigenvalue weighted by Crippen LogP contribution is 2.42. The first-order valence-corrected chi connectivity index (χ1v) is 8.82. The van der Waals surface area contributed by atoms with E-state index in [0.717, 1.165) is 30.2 Å². The van der Waals surface area contributed by atoms with Crippen LogP contribution in [0.15, 0.2) is 30.3 Å². The van der Waals surface area contributed by atoms with Crippen LogP contribution in [-0.4, -0.2) is 12.5 Å². The molecule has 4 unspecified atom stereocenters. The molecule has 1 aromatic carbocycles. The number of carbonyl (C=O) groups is 1. The average molecular weight is 300 g/mol. The van der Waals surface area contributed by atoms with Crippen molar-refractivity contribution >= 4 is 5.91 Å². The highest BCUT2D eigenvalue weighted by molar-refractivity contribution is 5.78. The lowest BCUT2D eigenvalue weighted by Crippen LogP contribution is -2.39. The van der Waals surface area contributed by atoms with Crippen LogP contribution in [0.1, 0.15) is 56.6 Å². The van der Waals surface area contributed by atoms with Gasteiger partial charge in [-0.05, 0) is 36.7 Å². The summed E-state index contributed by atoms with van der Waals surface area (Å²) in [6.45, 7) is 0.535. The average Bonchev–Trinajstić information content (AvgIpc) is 2.59. The Morgan fingerprint density at radius 1 is 1.09 bits per heavy atom. The third kappa shape index (κ3) is 3.70. The van der Waals surface area contributed by atoms with Crippen LogP contribution in [0.5, 0.6) is 0 Å². The summed E-state index contributed by atoms with van der Waals surface area (Å²) in [6.07, 6.45) is 8.87. The number of rotatable bonds is 4. The van der Waals surface area contributed by atoms with Gasteiger partial charge in [0.15, 0.2) is 0 Å². The Kier molecular flexibility index (Phi) is 5.14. The summed E-state index contributed by atoms with van der Waals surface area (Å²) < 4.78 is 0. The summed E-state index contributed by atoms with van der Waals surface area (Å²) >= 11 is 0. The van der Waals surface area contributed by atoms with Crippen molar-refractivity contribution in [2.75, 3.05) is 6.54 Å². The van der Waals surface area contributed by atoms with Gasteiger partial charge < -0.3 is 11.1 Å². The Labute approximate surface area is 133 Å². The van der Waals surface area contributed by atoms with Gasteiger partial charge in [-0.2, -0.15) is 0 Å². The van der Waals surface area contributed by atoms with Crippen LogP contribution in [0, 0.1) is 17.8 Å². The van der Waals surface area contributed by atoms with E-state index >= 15 is 0 Å². The minimum atomic E-state index is -0.115. The summed E-state index contributed by atoms with van der Waals surface area (Å²) in [7, 11) is 0. The van der Waals surface area contributed by atoms with Crippen molar-refractivity contribution in [3.05, 3.63) is 35.9 Å². The summed E-state index contributed by atoms with van der Waals surface area (Å²) in [5.74, 6) is 2.11. The van der Waals surface area contributed by atoms with Gasteiger partial charge in [-0.3, -0.25) is 4.79 Å². The second-order valence-corrected chi connectivity index (χ2v) is 7.08. The summed E-state index contributed by atoms with van der Waals surface area (Å²) in [5.41, 5.74) is 7.25. The number of nitrogens with one attached hydrogen (secondary N) is 1. The monoisotopic (exact) mass is 300 g/mol. The minimum Gasteiger partial charge on any atom is -0.354 e. The van der Waals surface area contributed by atoms with Crippen molar-refractivity contribution < 1.29 is 4.79 Å². The van der Waals surface area contributed by atoms with Crippen LogP contribution < -0.4 is 11.1 Å². The fourth-order valence-electron chi connectivity index (χ4n) is 4.28. The fraction of sp³-hybridized carbons (Fsp3) is 0.632. The van der Waals surface area contributed by atoms with Gasteiger partial charge in [0.1, 0.15) is 0 Å². The van der Waals surface area contributed by atoms with Crippen LogP contribution >= 0.6 is 0 Å². The lowest BCUT2D eigenvalue weighted by atomic mass is 9.67. The number of nitrogens with two attached hydrogens (primary N) is 1. The first-order chi connectivity index (χ1) is 10.7. The molecule has 0 radical (unpaired) electrons. The highest BCUT2D eigenvalue weighted by atomic mass is 16.1. The molecule has 2 saturated carbocycles. The van der Waals surface area contributed by atoms with Gasteiger partial charge >= 0.3 is 0 Å². The lowest BCUT2D eigenvalue weighted by Gasteiger charge is -2.38. The molecule has 0 saturated heterocycles. The molecule has 22 heavy (non-hydrogen) atoms. The number of carbonyl (C=O) groups excluding carboxylic acids is 1. The predicted molar refractivity (Wildman–Crippen MR) is 89.2 cm³/mol. The second-order valence-electron chi connectivity index (χ2n) is 7.08. The molecular formula is C19H28N2O. The van der Waals surface area contributed by atoms with Gasteiger partial charge in [-0.15, -0.1) is 0 Å². The molecule has 2 fully saturated rings. The summed E-state index contributed by atoms with van der Waals surface area (Å²) in [6, 6.07) is 9.88. The Morgan fingerprint density at radius 3 is 2.59 bits per heavy atom. The molecule has 1 aromatic rings. The minimum absolute atomic E-state index is 0.115. The number of hydrogen-bond acceptors (Lipinski definition) is 2. The molecule has 2 aliphatic rings. The Balaban J connectivity index is 1.48. The summed E-state index contributed by atoms with van der Waals surface area (Å²) in [5, 5.41) is 3.08. The quantitative estimate of drug-likeness (QED) is 0.895. The smallest absolute Gasteiger partial charge is 0.223 e. The molecule has 0 bridgehead atoms. The molecular weight excluding hydrogens is 272 g/mol. The molecule has 1 amide bonds. The van der Waals surface area contributed by atoms with Crippen molar-refractivity contribution in [3.63, 3.8) is 0 Å². The van der Waals surface area contributed by atoms with E-state index in [0.29, 0.717) is 6.54 Å². The van der Waals surface area contributed by atoms with Gasteiger partial charge in [0.25, 0.3) is 0 Å². The van der Waals surface area contributed by atoms with Crippen LogP contribution in [0.4, 0.5) is 0 Å². The van der Waals surface area contributed by atoms with Crippen molar-refractivity contribution in [1.82, 2.24) is 5.32 Å². The molecule has 4 atom stereocenters. The van der Waals surface area contributed by atoms with Crippen LogP contribution in [0.25, 0.3) is 0 Å². The number of amides is 1. The maximum atomic E-state index is 12.4. The molecule has 0 spiro atoms. The largest absolute Gasteiger partial charge is 0.354 e.